The van der Waals surface area contributed by atoms with Gasteiger partial charge in [0.2, 0.25) is 5.91 Å². The van der Waals surface area contributed by atoms with Gasteiger partial charge >= 0.3 is 11.9 Å². The number of methoxy groups -OCH3 is 2. The van der Waals surface area contributed by atoms with E-state index < -0.39 is 23.1 Å². The minimum Gasteiger partial charge on any atom is -0.493 e. The molecule has 3 rings (SSSR count). The highest BCUT2D eigenvalue weighted by atomic mass is 32.2. The Balaban J connectivity index is 2.29. The Morgan fingerprint density at radius 1 is 1.15 bits per heavy atom. The number of amides is 1. The number of fused-ring (bicyclic) bond motifs is 1. The Kier molecular flexibility index (Phi) is 7.26. The van der Waals surface area contributed by atoms with Crippen LogP contribution in [0.15, 0.2) is 40.2 Å². The summed E-state index contributed by atoms with van der Waals surface area (Å²) in [4.78, 5) is 40.1. The van der Waals surface area contributed by atoms with E-state index in [0.717, 1.165) is 0 Å². The molecule has 0 aliphatic carbocycles. The third-order valence-electron chi connectivity index (χ3n) is 5.17. The van der Waals surface area contributed by atoms with E-state index in [0.29, 0.717) is 22.1 Å². The number of carbonyl (C=O) groups is 3. The Hall–Kier alpha value is -3.14. The van der Waals surface area contributed by atoms with Crippen LogP contribution >= 0.6 is 11.8 Å². The van der Waals surface area contributed by atoms with Gasteiger partial charge in [-0.1, -0.05) is 17.8 Å². The van der Waals surface area contributed by atoms with Crippen LogP contribution in [-0.4, -0.2) is 54.9 Å². The molecule has 1 aromatic rings. The van der Waals surface area contributed by atoms with Crippen LogP contribution in [-0.2, 0) is 23.9 Å². The minimum absolute atomic E-state index is 0.0214. The molecule has 1 fully saturated rings. The van der Waals surface area contributed by atoms with Gasteiger partial charge in [0, 0.05) is 0 Å². The topological polar surface area (TPSA) is 117 Å². The van der Waals surface area contributed by atoms with Gasteiger partial charge in [0.1, 0.15) is 5.82 Å². The summed E-state index contributed by atoms with van der Waals surface area (Å²) in [5.74, 6) is -1.80. The molecule has 2 N–H and O–H groups in total. The van der Waals surface area contributed by atoms with Crippen molar-refractivity contribution in [2.24, 2.45) is 5.73 Å². The molecule has 0 radical (unpaired) electrons. The van der Waals surface area contributed by atoms with Crippen LogP contribution in [0.4, 0.5) is 0 Å². The fraction of sp³-hybridized carbons (Fsp3) is 0.435. The first-order valence-corrected chi connectivity index (χ1v) is 11.4. The number of esters is 2. The maximum atomic E-state index is 13.2. The third kappa shape index (κ3) is 4.39. The predicted octanol–water partition coefficient (Wildman–Crippen LogP) is 2.66. The lowest BCUT2D eigenvalue weighted by Crippen LogP contribution is -2.40. The molecule has 0 spiro atoms. The van der Waals surface area contributed by atoms with Crippen LogP contribution in [0.25, 0.3) is 0 Å². The lowest BCUT2D eigenvalue weighted by atomic mass is 9.82. The van der Waals surface area contributed by atoms with Crippen LogP contribution in [0.1, 0.15) is 39.2 Å². The van der Waals surface area contributed by atoms with Crippen molar-refractivity contribution in [1.82, 2.24) is 4.90 Å². The minimum atomic E-state index is -0.935. The van der Waals surface area contributed by atoms with Gasteiger partial charge in [-0.2, -0.15) is 0 Å². The normalized spacial score (nSPS) is 20.2. The summed E-state index contributed by atoms with van der Waals surface area (Å²) < 4.78 is 21.6. The van der Waals surface area contributed by atoms with E-state index in [9.17, 15) is 14.4 Å². The van der Waals surface area contributed by atoms with E-state index in [1.54, 1.807) is 32.0 Å². The summed E-state index contributed by atoms with van der Waals surface area (Å²) in [5.41, 5.74) is 7.01. The standard InChI is InChI=1S/C23H28N2O7S/c1-7-31-23(28)18-16(13-8-9-14(32-11(2)3)15(10-13)29-5)17(22(27)30-6)19(24)25-20(26)12(4)33-21(18)25/h8-12,16H,7,24H2,1-6H3. The number of nitrogens with zero attached hydrogens (tertiary/aromatic N) is 1. The molecule has 2 unspecified atom stereocenters. The summed E-state index contributed by atoms with van der Waals surface area (Å²) in [7, 11) is 2.71. The summed E-state index contributed by atoms with van der Waals surface area (Å²) in [5, 5.41) is -0.139. The summed E-state index contributed by atoms with van der Waals surface area (Å²) in [6.07, 6.45) is -0.0891. The predicted molar refractivity (Wildman–Crippen MR) is 122 cm³/mol. The van der Waals surface area contributed by atoms with Gasteiger partial charge in [0.25, 0.3) is 0 Å². The largest absolute Gasteiger partial charge is 0.493 e. The van der Waals surface area contributed by atoms with Crippen molar-refractivity contribution in [1.29, 1.82) is 0 Å². The Morgan fingerprint density at radius 2 is 1.85 bits per heavy atom. The molecule has 178 valence electrons. The quantitative estimate of drug-likeness (QED) is 0.593. The van der Waals surface area contributed by atoms with E-state index in [-0.39, 0.29) is 35.6 Å². The van der Waals surface area contributed by atoms with Gasteiger partial charge in [-0.15, -0.1) is 0 Å². The Morgan fingerprint density at radius 3 is 2.42 bits per heavy atom. The number of hydrogen-bond acceptors (Lipinski definition) is 9. The highest BCUT2D eigenvalue weighted by Gasteiger charge is 2.49. The van der Waals surface area contributed by atoms with Crippen LogP contribution in [0.2, 0.25) is 0 Å². The second-order valence-electron chi connectivity index (χ2n) is 7.67. The van der Waals surface area contributed by atoms with Crippen LogP contribution < -0.4 is 15.2 Å². The number of benzene rings is 1. The molecule has 0 saturated carbocycles. The van der Waals surface area contributed by atoms with E-state index in [2.05, 4.69) is 0 Å². The Bertz CT molecular complexity index is 1050. The molecule has 2 atom stereocenters. The summed E-state index contributed by atoms with van der Waals surface area (Å²) in [6.45, 7) is 7.29. The molecule has 1 aromatic carbocycles. The summed E-state index contributed by atoms with van der Waals surface area (Å²) >= 11 is 1.20. The monoisotopic (exact) mass is 476 g/mol. The molecule has 10 heteroatoms. The molecule has 1 amide bonds. The number of carbonyl (C=O) groups excluding carboxylic acids is 3. The van der Waals surface area contributed by atoms with Crippen LogP contribution in [0.3, 0.4) is 0 Å². The molecule has 2 heterocycles. The molecule has 2 aliphatic heterocycles. The van der Waals surface area contributed by atoms with E-state index in [1.807, 2.05) is 13.8 Å². The SMILES string of the molecule is CCOC(=O)C1=C2SC(C)C(=O)N2C(N)=C(C(=O)OC)C1c1ccc(OC(C)C)c(OC)c1. The van der Waals surface area contributed by atoms with Gasteiger partial charge in [0.05, 0.1) is 54.3 Å². The second kappa shape index (κ2) is 9.78. The fourth-order valence-electron chi connectivity index (χ4n) is 3.80. The highest BCUT2D eigenvalue weighted by Crippen LogP contribution is 2.50. The lowest BCUT2D eigenvalue weighted by Gasteiger charge is -2.33. The molecule has 0 bridgehead atoms. The van der Waals surface area contributed by atoms with Crippen molar-refractivity contribution in [2.45, 2.75) is 45.0 Å². The van der Waals surface area contributed by atoms with E-state index in [1.165, 1.54) is 30.9 Å². The number of rotatable bonds is 7. The lowest BCUT2D eigenvalue weighted by molar-refractivity contribution is -0.139. The van der Waals surface area contributed by atoms with Crippen molar-refractivity contribution in [3.63, 3.8) is 0 Å². The van der Waals surface area contributed by atoms with Gasteiger partial charge in [0.15, 0.2) is 11.5 Å². The maximum absolute atomic E-state index is 13.2. The average molecular weight is 477 g/mol. The average Bonchev–Trinajstić information content (AvgIpc) is 3.07. The van der Waals surface area contributed by atoms with Crippen molar-refractivity contribution in [2.75, 3.05) is 20.8 Å². The van der Waals surface area contributed by atoms with Crippen LogP contribution in [0, 0.1) is 0 Å². The first-order valence-electron chi connectivity index (χ1n) is 10.5. The fourth-order valence-corrected chi connectivity index (χ4v) is 4.96. The van der Waals surface area contributed by atoms with E-state index >= 15 is 0 Å². The third-order valence-corrected chi connectivity index (χ3v) is 6.35. The number of hydrogen-bond donors (Lipinski definition) is 1. The molecule has 1 saturated heterocycles. The molecule has 9 nitrogen and oxygen atoms in total. The second-order valence-corrected chi connectivity index (χ2v) is 9.00. The molecule has 2 aliphatic rings. The molecular formula is C23H28N2O7S. The first-order chi connectivity index (χ1) is 15.7. The van der Waals surface area contributed by atoms with Gasteiger partial charge in [-0.3, -0.25) is 9.69 Å². The zero-order valence-electron chi connectivity index (χ0n) is 19.5. The van der Waals surface area contributed by atoms with E-state index in [4.69, 9.17) is 24.7 Å². The highest BCUT2D eigenvalue weighted by molar-refractivity contribution is 8.04. The van der Waals surface area contributed by atoms with Gasteiger partial charge in [-0.25, -0.2) is 9.59 Å². The number of nitrogens with two attached hydrogens (primary N) is 1. The van der Waals surface area contributed by atoms with Gasteiger partial charge in [-0.05, 0) is 45.4 Å². The zero-order chi connectivity index (χ0) is 24.4. The van der Waals surface area contributed by atoms with Crippen LogP contribution in [0.5, 0.6) is 11.5 Å². The number of thioether (sulfide) groups is 1. The number of ether oxygens (including phenoxy) is 4. The molecular weight excluding hydrogens is 448 g/mol. The van der Waals surface area contributed by atoms with Crippen molar-refractivity contribution >= 4 is 29.6 Å². The smallest absolute Gasteiger partial charge is 0.338 e. The summed E-state index contributed by atoms with van der Waals surface area (Å²) in [6, 6.07) is 5.11. The van der Waals surface area contributed by atoms with Crippen molar-refractivity contribution < 1.29 is 33.3 Å². The zero-order valence-corrected chi connectivity index (χ0v) is 20.3. The van der Waals surface area contributed by atoms with Gasteiger partial charge < -0.3 is 24.7 Å². The molecule has 33 heavy (non-hydrogen) atoms. The Labute approximate surface area is 196 Å². The van der Waals surface area contributed by atoms with Crippen molar-refractivity contribution in [3.8, 4) is 11.5 Å². The first kappa shape index (κ1) is 24.5. The van der Waals surface area contributed by atoms with Crippen molar-refractivity contribution in [3.05, 3.63) is 45.8 Å². The maximum Gasteiger partial charge on any atom is 0.338 e. The molecule has 0 aromatic heterocycles.